The number of oxime groups is 1. The van der Waals surface area contributed by atoms with E-state index < -0.39 is 11.7 Å². The van der Waals surface area contributed by atoms with Crippen LogP contribution in [0.15, 0.2) is 59.8 Å². The molecule has 1 aliphatic rings. The Balaban J connectivity index is 0.000000268. The number of nitrogens with zero attached hydrogens (tertiary/aromatic N) is 1. The van der Waals surface area contributed by atoms with Gasteiger partial charge in [-0.25, -0.2) is 0 Å². The highest BCUT2D eigenvalue weighted by Gasteiger charge is 2.30. The van der Waals surface area contributed by atoms with Gasteiger partial charge < -0.3 is 10.2 Å². The van der Waals surface area contributed by atoms with Crippen molar-refractivity contribution in [2.24, 2.45) is 5.16 Å². The third-order valence-electron chi connectivity index (χ3n) is 2.82. The summed E-state index contributed by atoms with van der Waals surface area (Å²) >= 11 is 3.16. The van der Waals surface area contributed by atoms with Gasteiger partial charge in [-0.15, -0.1) is 0 Å². The highest BCUT2D eigenvalue weighted by molar-refractivity contribution is 9.18. The molecule has 0 spiro atoms. The predicted molar refractivity (Wildman–Crippen MR) is 88.1 cm³/mol. The van der Waals surface area contributed by atoms with Crippen LogP contribution >= 0.6 is 15.9 Å². The highest BCUT2D eigenvalue weighted by Crippen LogP contribution is 2.31. The number of rotatable bonds is 2. The number of benzene rings is 2. The fourth-order valence-electron chi connectivity index (χ4n) is 1.75. The smallest absolute Gasteiger partial charge is 0.395 e. The SMILES string of the molecule is BrC1=NOCC1.FC(F)(F)c1cccc(Nc2ccccc2)c1. The van der Waals surface area contributed by atoms with Crippen molar-refractivity contribution >= 4 is 31.9 Å². The predicted octanol–water partition coefficient (Wildman–Crippen LogP) is 5.56. The highest BCUT2D eigenvalue weighted by atomic mass is 79.9. The van der Waals surface area contributed by atoms with Gasteiger partial charge in [-0.1, -0.05) is 29.4 Å². The van der Waals surface area contributed by atoms with Crippen LogP contribution in [0.4, 0.5) is 24.5 Å². The van der Waals surface area contributed by atoms with Crippen molar-refractivity contribution < 1.29 is 18.0 Å². The molecular formula is C16H14BrF3N2O. The summed E-state index contributed by atoms with van der Waals surface area (Å²) in [6.45, 7) is 0.737. The van der Waals surface area contributed by atoms with Crippen LogP contribution in [-0.4, -0.2) is 11.2 Å². The Bertz CT molecular complexity index is 660. The number of nitrogens with one attached hydrogen (secondary N) is 1. The molecule has 23 heavy (non-hydrogen) atoms. The third-order valence-corrected chi connectivity index (χ3v) is 3.36. The molecule has 3 nitrogen and oxygen atoms in total. The molecule has 7 heteroatoms. The summed E-state index contributed by atoms with van der Waals surface area (Å²) in [5.41, 5.74) is 0.524. The van der Waals surface area contributed by atoms with Crippen molar-refractivity contribution in [3.05, 3.63) is 60.2 Å². The Morgan fingerprint density at radius 2 is 1.70 bits per heavy atom. The lowest BCUT2D eigenvalue weighted by atomic mass is 10.2. The van der Waals surface area contributed by atoms with Crippen LogP contribution in [0.3, 0.4) is 0 Å². The summed E-state index contributed by atoms with van der Waals surface area (Å²) < 4.78 is 38.4. The molecule has 0 atom stereocenters. The molecule has 2 aromatic rings. The summed E-state index contributed by atoms with van der Waals surface area (Å²) in [7, 11) is 0. The molecule has 1 heterocycles. The summed E-state index contributed by atoms with van der Waals surface area (Å²) in [4.78, 5) is 4.60. The molecule has 3 rings (SSSR count). The van der Waals surface area contributed by atoms with Gasteiger partial charge in [-0.05, 0) is 46.3 Å². The summed E-state index contributed by atoms with van der Waals surface area (Å²) in [5, 5.41) is 6.49. The van der Waals surface area contributed by atoms with Crippen molar-refractivity contribution in [2.45, 2.75) is 12.6 Å². The van der Waals surface area contributed by atoms with Crippen LogP contribution in [0.25, 0.3) is 0 Å². The number of anilines is 2. The summed E-state index contributed by atoms with van der Waals surface area (Å²) in [5.74, 6) is 0. The monoisotopic (exact) mass is 386 g/mol. The zero-order valence-electron chi connectivity index (χ0n) is 12.0. The topological polar surface area (TPSA) is 33.6 Å². The maximum absolute atomic E-state index is 12.5. The third kappa shape index (κ3) is 5.94. The second kappa shape index (κ2) is 8.01. The minimum absolute atomic E-state index is 0.422. The van der Waals surface area contributed by atoms with Gasteiger partial charge in [0.15, 0.2) is 0 Å². The van der Waals surface area contributed by atoms with E-state index in [1.807, 2.05) is 18.2 Å². The number of hydrogen-bond donors (Lipinski definition) is 1. The van der Waals surface area contributed by atoms with Gasteiger partial charge in [0.1, 0.15) is 11.2 Å². The Hall–Kier alpha value is -2.02. The molecule has 0 saturated carbocycles. The molecule has 0 fully saturated rings. The number of halogens is 4. The number of alkyl halides is 3. The standard InChI is InChI=1S/C13H10F3N.C3H4BrNO/c14-13(15,16)10-5-4-8-12(9-10)17-11-6-2-1-3-7-11;4-3-1-2-6-5-3/h1-9,17H;1-2H2. The van der Waals surface area contributed by atoms with Gasteiger partial charge in [-0.2, -0.15) is 13.2 Å². The van der Waals surface area contributed by atoms with Gasteiger partial charge in [0.25, 0.3) is 0 Å². The molecule has 0 saturated heterocycles. The van der Waals surface area contributed by atoms with Gasteiger partial charge in [0, 0.05) is 17.8 Å². The van der Waals surface area contributed by atoms with E-state index in [0.29, 0.717) is 5.69 Å². The first-order valence-electron chi connectivity index (χ1n) is 6.79. The van der Waals surface area contributed by atoms with Crippen molar-refractivity contribution in [2.75, 3.05) is 11.9 Å². The minimum atomic E-state index is -4.31. The first-order chi connectivity index (χ1) is 10.9. The molecule has 1 N–H and O–H groups in total. The largest absolute Gasteiger partial charge is 0.416 e. The maximum Gasteiger partial charge on any atom is 0.416 e. The van der Waals surface area contributed by atoms with Crippen LogP contribution in [0.2, 0.25) is 0 Å². The molecule has 2 aromatic carbocycles. The average Bonchev–Trinajstić information content (AvgIpc) is 2.99. The van der Waals surface area contributed by atoms with Crippen LogP contribution in [0, 0.1) is 0 Å². The van der Waals surface area contributed by atoms with E-state index in [4.69, 9.17) is 0 Å². The van der Waals surface area contributed by atoms with E-state index in [9.17, 15) is 13.2 Å². The Morgan fingerprint density at radius 3 is 2.22 bits per heavy atom. The van der Waals surface area contributed by atoms with E-state index in [-0.39, 0.29) is 0 Å². The van der Waals surface area contributed by atoms with Crippen LogP contribution in [0.5, 0.6) is 0 Å². The van der Waals surface area contributed by atoms with E-state index in [1.54, 1.807) is 18.2 Å². The van der Waals surface area contributed by atoms with Crippen molar-refractivity contribution in [1.29, 1.82) is 0 Å². The fourth-order valence-corrected chi connectivity index (χ4v) is 2.02. The zero-order chi connectivity index (χ0) is 16.7. The summed E-state index contributed by atoms with van der Waals surface area (Å²) in [6, 6.07) is 14.2. The molecular weight excluding hydrogens is 373 g/mol. The van der Waals surface area contributed by atoms with Crippen molar-refractivity contribution in [1.82, 2.24) is 0 Å². The lowest BCUT2D eigenvalue weighted by molar-refractivity contribution is -0.137. The molecule has 0 aromatic heterocycles. The molecule has 0 unspecified atom stereocenters. The van der Waals surface area contributed by atoms with Crippen LogP contribution in [0.1, 0.15) is 12.0 Å². The Morgan fingerprint density at radius 1 is 1.00 bits per heavy atom. The molecule has 0 aliphatic carbocycles. The number of para-hydroxylation sites is 1. The molecule has 122 valence electrons. The lowest BCUT2D eigenvalue weighted by Gasteiger charge is -2.10. The molecule has 0 bridgehead atoms. The van der Waals surface area contributed by atoms with Crippen LogP contribution < -0.4 is 5.32 Å². The second-order valence-corrected chi connectivity index (χ2v) is 5.54. The molecule has 0 amide bonds. The van der Waals surface area contributed by atoms with Gasteiger partial charge in [0.2, 0.25) is 0 Å². The molecule has 1 aliphatic heterocycles. The second-order valence-electron chi connectivity index (χ2n) is 4.62. The first-order valence-corrected chi connectivity index (χ1v) is 7.58. The average molecular weight is 387 g/mol. The quantitative estimate of drug-likeness (QED) is 0.732. The zero-order valence-corrected chi connectivity index (χ0v) is 13.6. The van der Waals surface area contributed by atoms with E-state index >= 15 is 0 Å². The van der Waals surface area contributed by atoms with Crippen LogP contribution in [-0.2, 0) is 11.0 Å². The first kappa shape index (κ1) is 17.3. The van der Waals surface area contributed by atoms with Gasteiger partial charge in [0.05, 0.1) is 5.56 Å². The minimum Gasteiger partial charge on any atom is -0.395 e. The van der Waals surface area contributed by atoms with Crippen molar-refractivity contribution in [3.8, 4) is 0 Å². The fraction of sp³-hybridized carbons (Fsp3) is 0.188. The van der Waals surface area contributed by atoms with E-state index in [1.165, 1.54) is 6.07 Å². The lowest BCUT2D eigenvalue weighted by Crippen LogP contribution is -2.05. The summed E-state index contributed by atoms with van der Waals surface area (Å²) in [6.07, 6.45) is -3.38. The Labute approximate surface area is 140 Å². The van der Waals surface area contributed by atoms with Gasteiger partial charge in [-0.3, -0.25) is 0 Å². The number of hydrogen-bond acceptors (Lipinski definition) is 3. The normalized spacial score (nSPS) is 13.5. The van der Waals surface area contributed by atoms with Gasteiger partial charge >= 0.3 is 6.18 Å². The van der Waals surface area contributed by atoms with E-state index in [0.717, 1.165) is 35.5 Å². The Kier molecular flexibility index (Phi) is 6.04. The maximum atomic E-state index is 12.5. The van der Waals surface area contributed by atoms with Crippen molar-refractivity contribution in [3.63, 3.8) is 0 Å². The van der Waals surface area contributed by atoms with E-state index in [2.05, 4.69) is 31.2 Å². The molecule has 0 radical (unpaired) electrons.